The Hall–Kier alpha value is -1.47. The molecule has 1 saturated heterocycles. The monoisotopic (exact) mass is 397 g/mol. The maximum absolute atomic E-state index is 11.0. The number of hydrogen-bond donors (Lipinski definition) is 0. The zero-order valence-corrected chi connectivity index (χ0v) is 15.8. The third-order valence-electron chi connectivity index (χ3n) is 3.91. The van der Waals surface area contributed by atoms with Gasteiger partial charge >= 0.3 is 5.97 Å². The summed E-state index contributed by atoms with van der Waals surface area (Å²) in [5.74, 6) is -0.280. The van der Waals surface area contributed by atoms with E-state index in [-0.39, 0.29) is 18.3 Å². The molecule has 2 heterocycles. The number of unbranched alkanes of at least 4 members (excludes halogenated alkanes) is 1. The summed E-state index contributed by atoms with van der Waals surface area (Å²) in [4.78, 5) is 19.6. The third kappa shape index (κ3) is 4.77. The Labute approximate surface area is 151 Å². The van der Waals surface area contributed by atoms with E-state index in [9.17, 15) is 4.79 Å². The van der Waals surface area contributed by atoms with Crippen molar-refractivity contribution in [1.29, 1.82) is 0 Å². The van der Waals surface area contributed by atoms with Crippen molar-refractivity contribution >= 4 is 28.1 Å². The molecular weight excluding hydrogens is 374 g/mol. The topological polar surface area (TPSA) is 65.7 Å². The van der Waals surface area contributed by atoms with Crippen LogP contribution in [0.4, 0.5) is 0 Å². The van der Waals surface area contributed by atoms with Crippen molar-refractivity contribution in [2.45, 2.75) is 58.3 Å². The van der Waals surface area contributed by atoms with Gasteiger partial charge in [-0.1, -0.05) is 19.9 Å². The molecule has 1 aromatic rings. The van der Waals surface area contributed by atoms with E-state index in [0.29, 0.717) is 6.61 Å². The molecule has 1 aliphatic heterocycles. The van der Waals surface area contributed by atoms with Gasteiger partial charge in [-0.05, 0) is 41.6 Å². The van der Waals surface area contributed by atoms with Crippen LogP contribution in [-0.4, -0.2) is 34.4 Å². The van der Waals surface area contributed by atoms with Crippen LogP contribution in [0.25, 0.3) is 0 Å². The molecule has 1 aliphatic rings. The van der Waals surface area contributed by atoms with Crippen molar-refractivity contribution in [3.8, 4) is 0 Å². The molecule has 0 radical (unpaired) electrons. The van der Waals surface area contributed by atoms with Gasteiger partial charge in [-0.3, -0.25) is 14.4 Å². The second-order valence-electron chi connectivity index (χ2n) is 5.74. The molecule has 0 spiro atoms. The largest absolute Gasteiger partial charge is 0.463 e. The van der Waals surface area contributed by atoms with Crippen molar-refractivity contribution in [3.05, 3.63) is 28.9 Å². The van der Waals surface area contributed by atoms with E-state index in [1.807, 2.05) is 0 Å². The van der Waals surface area contributed by atoms with Crippen molar-refractivity contribution in [2.75, 3.05) is 6.61 Å². The highest BCUT2D eigenvalue weighted by atomic mass is 79.9. The molecule has 7 heteroatoms. The molecule has 0 aliphatic carbocycles. The highest BCUT2D eigenvalue weighted by Gasteiger charge is 2.31. The molecule has 0 amide bonds. The smallest absolute Gasteiger partial charge is 0.302 e. The van der Waals surface area contributed by atoms with Gasteiger partial charge in [-0.2, -0.15) is 0 Å². The lowest BCUT2D eigenvalue weighted by Gasteiger charge is -2.18. The van der Waals surface area contributed by atoms with Gasteiger partial charge in [0, 0.05) is 18.8 Å². The van der Waals surface area contributed by atoms with Gasteiger partial charge in [0.2, 0.25) is 0 Å². The average Bonchev–Trinajstić information content (AvgIpc) is 3.12. The van der Waals surface area contributed by atoms with Gasteiger partial charge in [0.05, 0.1) is 12.3 Å². The maximum atomic E-state index is 11.0. The first-order valence-electron chi connectivity index (χ1n) is 8.26. The molecule has 132 valence electrons. The Bertz CT molecular complexity index is 612. The van der Waals surface area contributed by atoms with E-state index in [2.05, 4.69) is 44.0 Å². The Balaban J connectivity index is 2.19. The molecule has 0 saturated carbocycles. The van der Waals surface area contributed by atoms with Gasteiger partial charge in [0.1, 0.15) is 18.5 Å². The van der Waals surface area contributed by atoms with E-state index in [0.717, 1.165) is 48.2 Å². The highest BCUT2D eigenvalue weighted by Crippen LogP contribution is 2.33. The van der Waals surface area contributed by atoms with Crippen LogP contribution in [0.2, 0.25) is 0 Å². The zero-order valence-electron chi connectivity index (χ0n) is 14.2. The van der Waals surface area contributed by atoms with Crippen LogP contribution < -0.4 is 0 Å². The van der Waals surface area contributed by atoms with Crippen molar-refractivity contribution in [3.63, 3.8) is 0 Å². The lowest BCUT2D eigenvalue weighted by atomic mass is 10.1. The molecule has 2 rings (SSSR count). The van der Waals surface area contributed by atoms with E-state index in [1.165, 1.54) is 13.1 Å². The molecule has 6 nitrogen and oxygen atoms in total. The minimum Gasteiger partial charge on any atom is -0.463 e. The summed E-state index contributed by atoms with van der Waals surface area (Å²) in [6.45, 7) is 7.48. The quantitative estimate of drug-likeness (QED) is 0.494. The Kier molecular flexibility index (Phi) is 7.17. The van der Waals surface area contributed by atoms with Crippen LogP contribution in [-0.2, 0) is 20.7 Å². The summed E-state index contributed by atoms with van der Waals surface area (Å²) in [5.41, 5.74) is 1.94. The lowest BCUT2D eigenvalue weighted by Crippen LogP contribution is -2.19. The van der Waals surface area contributed by atoms with Crippen LogP contribution in [0.15, 0.2) is 22.5 Å². The minimum absolute atomic E-state index is 0.0717. The molecular formula is C17H24BrN3O3. The summed E-state index contributed by atoms with van der Waals surface area (Å²) >= 11 is 3.54. The second-order valence-corrected chi connectivity index (χ2v) is 6.45. The Morgan fingerprint density at radius 2 is 2.38 bits per heavy atom. The van der Waals surface area contributed by atoms with Gasteiger partial charge in [-0.15, -0.1) is 0 Å². The number of imidazole rings is 1. The normalized spacial score (nSPS) is 20.6. The van der Waals surface area contributed by atoms with Crippen molar-refractivity contribution in [1.82, 2.24) is 9.55 Å². The number of aromatic nitrogens is 2. The molecule has 0 aromatic carbocycles. The van der Waals surface area contributed by atoms with Crippen molar-refractivity contribution < 1.29 is 14.3 Å². The number of rotatable bonds is 8. The van der Waals surface area contributed by atoms with E-state index in [4.69, 9.17) is 9.47 Å². The first-order chi connectivity index (χ1) is 11.6. The van der Waals surface area contributed by atoms with Gasteiger partial charge in [-0.25, -0.2) is 4.98 Å². The number of ether oxygens (including phenoxy) is 2. The van der Waals surface area contributed by atoms with E-state index >= 15 is 0 Å². The third-order valence-corrected chi connectivity index (χ3v) is 4.47. The SMILES string of the molecule is C=CN=Cc1nc(Br)n(C2CCC(COC(C)=O)O2)c1CCCC. The number of carbonyl (C=O) groups is 1. The summed E-state index contributed by atoms with van der Waals surface area (Å²) < 4.78 is 14.0. The maximum Gasteiger partial charge on any atom is 0.302 e. The fourth-order valence-corrected chi connectivity index (χ4v) is 3.41. The molecule has 2 unspecified atom stereocenters. The number of carbonyl (C=O) groups excluding carboxylic acids is 1. The minimum atomic E-state index is -0.280. The standard InChI is InChI=1S/C17H24BrN3O3/c1-4-6-7-15-14(10-19-5-2)20-17(18)21(15)16-9-8-13(24-16)11-23-12(3)22/h5,10,13,16H,2,4,6-9,11H2,1,3H3. The average molecular weight is 398 g/mol. The predicted octanol–water partition coefficient (Wildman–Crippen LogP) is 3.79. The van der Waals surface area contributed by atoms with Crippen LogP contribution in [0.5, 0.6) is 0 Å². The van der Waals surface area contributed by atoms with Gasteiger partial charge in [0.15, 0.2) is 4.73 Å². The molecule has 1 aromatic heterocycles. The van der Waals surface area contributed by atoms with Gasteiger partial charge < -0.3 is 9.47 Å². The van der Waals surface area contributed by atoms with Crippen LogP contribution >= 0.6 is 15.9 Å². The summed E-state index contributed by atoms with van der Waals surface area (Å²) in [6.07, 6.45) is 7.83. The fraction of sp³-hybridized carbons (Fsp3) is 0.588. The molecule has 0 bridgehead atoms. The van der Waals surface area contributed by atoms with Crippen molar-refractivity contribution in [2.24, 2.45) is 4.99 Å². The van der Waals surface area contributed by atoms with E-state index < -0.39 is 0 Å². The number of nitrogens with zero attached hydrogens (tertiary/aromatic N) is 3. The lowest BCUT2D eigenvalue weighted by molar-refractivity contribution is -0.145. The fourth-order valence-electron chi connectivity index (χ4n) is 2.77. The second kappa shape index (κ2) is 9.13. The first-order valence-corrected chi connectivity index (χ1v) is 9.05. The highest BCUT2D eigenvalue weighted by molar-refractivity contribution is 9.10. The first kappa shape index (κ1) is 18.9. The molecule has 2 atom stereocenters. The summed E-state index contributed by atoms with van der Waals surface area (Å²) in [6, 6.07) is 0. The number of hydrogen-bond acceptors (Lipinski definition) is 5. The molecule has 0 N–H and O–H groups in total. The van der Waals surface area contributed by atoms with Crippen LogP contribution in [0, 0.1) is 0 Å². The van der Waals surface area contributed by atoms with Crippen LogP contribution in [0.1, 0.15) is 57.1 Å². The van der Waals surface area contributed by atoms with Crippen LogP contribution in [0.3, 0.4) is 0 Å². The number of halogens is 1. The predicted molar refractivity (Wildman–Crippen MR) is 96.1 cm³/mol. The summed E-state index contributed by atoms with van der Waals surface area (Å²) in [5, 5.41) is 0. The van der Waals surface area contributed by atoms with Gasteiger partial charge in [0.25, 0.3) is 0 Å². The van der Waals surface area contributed by atoms with E-state index in [1.54, 1.807) is 6.21 Å². The molecule has 24 heavy (non-hydrogen) atoms. The molecule has 1 fully saturated rings. The zero-order chi connectivity index (χ0) is 17.5. The number of aliphatic imine (C=N–C) groups is 1. The summed E-state index contributed by atoms with van der Waals surface area (Å²) in [7, 11) is 0. The Morgan fingerprint density at radius 1 is 1.58 bits per heavy atom. The number of esters is 1. The Morgan fingerprint density at radius 3 is 3.04 bits per heavy atom.